The molecule has 0 radical (unpaired) electrons. The molecular formula is C19H19N. The summed E-state index contributed by atoms with van der Waals surface area (Å²) in [6.45, 7) is 4.22. The van der Waals surface area contributed by atoms with Gasteiger partial charge in [-0.15, -0.1) is 0 Å². The third-order valence-corrected chi connectivity index (χ3v) is 3.68. The minimum Gasteiger partial charge on any atom is -0.314 e. The Bertz CT molecular complexity index is 745. The second kappa shape index (κ2) is 5.38. The first-order chi connectivity index (χ1) is 9.79. The van der Waals surface area contributed by atoms with Crippen molar-refractivity contribution in [3.05, 3.63) is 78.0 Å². The Morgan fingerprint density at radius 1 is 1.00 bits per heavy atom. The SMILES string of the molecule is C/C=C\Cc1ccc(-n2c(C)cc3ccccc32)cc1. The van der Waals surface area contributed by atoms with Gasteiger partial charge in [-0.1, -0.05) is 42.5 Å². The Morgan fingerprint density at radius 3 is 2.50 bits per heavy atom. The largest absolute Gasteiger partial charge is 0.314 e. The molecule has 1 aromatic heterocycles. The summed E-state index contributed by atoms with van der Waals surface area (Å²) < 4.78 is 2.31. The molecule has 100 valence electrons. The Kier molecular flexibility index (Phi) is 3.42. The number of para-hydroxylation sites is 1. The third kappa shape index (κ3) is 2.27. The predicted octanol–water partition coefficient (Wildman–Crippen LogP) is 5.06. The molecule has 1 heteroatoms. The summed E-state index contributed by atoms with van der Waals surface area (Å²) in [5.74, 6) is 0. The second-order valence-electron chi connectivity index (χ2n) is 5.12. The highest BCUT2D eigenvalue weighted by Gasteiger charge is 2.06. The molecule has 0 fully saturated rings. The van der Waals surface area contributed by atoms with Crippen LogP contribution in [0.2, 0.25) is 0 Å². The number of hydrogen-bond acceptors (Lipinski definition) is 0. The van der Waals surface area contributed by atoms with Crippen molar-refractivity contribution < 1.29 is 0 Å². The second-order valence-corrected chi connectivity index (χ2v) is 5.12. The van der Waals surface area contributed by atoms with E-state index in [9.17, 15) is 0 Å². The third-order valence-electron chi connectivity index (χ3n) is 3.68. The smallest absolute Gasteiger partial charge is 0.0531 e. The first-order valence-corrected chi connectivity index (χ1v) is 7.07. The molecule has 0 bridgehead atoms. The Labute approximate surface area is 120 Å². The standard InChI is InChI=1S/C19H19N/c1-3-4-7-16-10-12-18(13-11-16)20-15(2)14-17-8-5-6-9-19(17)20/h3-6,8-14H,7H2,1-2H3/b4-3-. The van der Waals surface area contributed by atoms with Gasteiger partial charge in [0.15, 0.2) is 0 Å². The molecule has 0 spiro atoms. The summed E-state index contributed by atoms with van der Waals surface area (Å²) in [6.07, 6.45) is 5.28. The van der Waals surface area contributed by atoms with Crippen LogP contribution >= 0.6 is 0 Å². The summed E-state index contributed by atoms with van der Waals surface area (Å²) in [6, 6.07) is 19.6. The minimum absolute atomic E-state index is 1.00. The van der Waals surface area contributed by atoms with Crippen molar-refractivity contribution in [3.63, 3.8) is 0 Å². The van der Waals surface area contributed by atoms with Crippen molar-refractivity contribution in [2.75, 3.05) is 0 Å². The lowest BCUT2D eigenvalue weighted by molar-refractivity contribution is 1.05. The van der Waals surface area contributed by atoms with Gasteiger partial charge in [0.2, 0.25) is 0 Å². The number of rotatable bonds is 3. The molecule has 0 amide bonds. The van der Waals surface area contributed by atoms with Gasteiger partial charge >= 0.3 is 0 Å². The fourth-order valence-corrected chi connectivity index (χ4v) is 2.67. The molecule has 0 unspecified atom stereocenters. The maximum absolute atomic E-state index is 2.31. The first kappa shape index (κ1) is 12.7. The molecule has 0 saturated heterocycles. The van der Waals surface area contributed by atoms with E-state index >= 15 is 0 Å². The van der Waals surface area contributed by atoms with Crippen LogP contribution in [-0.4, -0.2) is 4.57 Å². The number of hydrogen-bond donors (Lipinski definition) is 0. The molecule has 1 heterocycles. The number of aromatic nitrogens is 1. The molecule has 0 aliphatic heterocycles. The maximum Gasteiger partial charge on any atom is 0.0531 e. The number of allylic oxidation sites excluding steroid dienone is 2. The van der Waals surface area contributed by atoms with Crippen LogP contribution in [0.15, 0.2) is 66.7 Å². The van der Waals surface area contributed by atoms with Crippen molar-refractivity contribution in [2.24, 2.45) is 0 Å². The average molecular weight is 261 g/mol. The van der Waals surface area contributed by atoms with E-state index < -0.39 is 0 Å². The highest BCUT2D eigenvalue weighted by molar-refractivity contribution is 5.83. The van der Waals surface area contributed by atoms with Gasteiger partial charge in [-0.25, -0.2) is 0 Å². The summed E-state index contributed by atoms with van der Waals surface area (Å²) in [5.41, 5.74) is 5.12. The van der Waals surface area contributed by atoms with Gasteiger partial charge in [-0.2, -0.15) is 0 Å². The van der Waals surface area contributed by atoms with Crippen LogP contribution in [0.3, 0.4) is 0 Å². The fourth-order valence-electron chi connectivity index (χ4n) is 2.67. The van der Waals surface area contributed by atoms with E-state index in [0.29, 0.717) is 0 Å². The van der Waals surface area contributed by atoms with Crippen molar-refractivity contribution >= 4 is 10.9 Å². The lowest BCUT2D eigenvalue weighted by atomic mass is 10.1. The molecule has 2 aromatic carbocycles. The van der Waals surface area contributed by atoms with Crippen LogP contribution in [0.5, 0.6) is 0 Å². The monoisotopic (exact) mass is 261 g/mol. The van der Waals surface area contributed by atoms with E-state index in [2.05, 4.69) is 85.2 Å². The van der Waals surface area contributed by atoms with E-state index in [1.807, 2.05) is 0 Å². The van der Waals surface area contributed by atoms with Crippen molar-refractivity contribution in [3.8, 4) is 5.69 Å². The zero-order valence-corrected chi connectivity index (χ0v) is 12.0. The lowest BCUT2D eigenvalue weighted by Gasteiger charge is -2.09. The van der Waals surface area contributed by atoms with Gasteiger partial charge in [0.05, 0.1) is 5.52 Å². The lowest BCUT2D eigenvalue weighted by Crippen LogP contribution is -1.96. The first-order valence-electron chi connectivity index (χ1n) is 7.07. The number of fused-ring (bicyclic) bond motifs is 1. The molecule has 0 N–H and O–H groups in total. The molecule has 3 rings (SSSR count). The predicted molar refractivity (Wildman–Crippen MR) is 86.5 cm³/mol. The van der Waals surface area contributed by atoms with E-state index in [1.165, 1.54) is 27.8 Å². The topological polar surface area (TPSA) is 4.93 Å². The highest BCUT2D eigenvalue weighted by Crippen LogP contribution is 2.24. The summed E-state index contributed by atoms with van der Waals surface area (Å²) >= 11 is 0. The van der Waals surface area contributed by atoms with Gasteiger partial charge in [-0.3, -0.25) is 0 Å². The van der Waals surface area contributed by atoms with Gasteiger partial charge in [-0.05, 0) is 50.1 Å². The zero-order valence-electron chi connectivity index (χ0n) is 12.0. The number of aryl methyl sites for hydroxylation is 1. The summed E-state index contributed by atoms with van der Waals surface area (Å²) in [5, 5.41) is 1.29. The molecule has 0 saturated carbocycles. The van der Waals surface area contributed by atoms with Crippen LogP contribution in [0.4, 0.5) is 0 Å². The molecule has 0 aliphatic carbocycles. The summed E-state index contributed by atoms with van der Waals surface area (Å²) in [7, 11) is 0. The molecule has 20 heavy (non-hydrogen) atoms. The van der Waals surface area contributed by atoms with Crippen LogP contribution in [0, 0.1) is 6.92 Å². The normalized spacial score (nSPS) is 11.5. The molecular weight excluding hydrogens is 242 g/mol. The number of benzene rings is 2. The molecule has 0 atom stereocenters. The Balaban J connectivity index is 2.04. The molecule has 0 aliphatic rings. The quantitative estimate of drug-likeness (QED) is 0.581. The van der Waals surface area contributed by atoms with Crippen LogP contribution in [0.1, 0.15) is 18.2 Å². The van der Waals surface area contributed by atoms with Crippen LogP contribution in [-0.2, 0) is 6.42 Å². The van der Waals surface area contributed by atoms with E-state index in [0.717, 1.165) is 6.42 Å². The van der Waals surface area contributed by atoms with Crippen LogP contribution < -0.4 is 0 Å². The van der Waals surface area contributed by atoms with Crippen molar-refractivity contribution in [1.82, 2.24) is 4.57 Å². The molecule has 3 aromatic rings. The Hall–Kier alpha value is -2.28. The fraction of sp³-hybridized carbons (Fsp3) is 0.158. The minimum atomic E-state index is 1.00. The number of nitrogens with zero attached hydrogens (tertiary/aromatic N) is 1. The zero-order chi connectivity index (χ0) is 13.9. The highest BCUT2D eigenvalue weighted by atomic mass is 15.0. The van der Waals surface area contributed by atoms with E-state index in [4.69, 9.17) is 0 Å². The van der Waals surface area contributed by atoms with E-state index in [-0.39, 0.29) is 0 Å². The maximum atomic E-state index is 2.31. The van der Waals surface area contributed by atoms with Gasteiger partial charge in [0, 0.05) is 16.8 Å². The summed E-state index contributed by atoms with van der Waals surface area (Å²) in [4.78, 5) is 0. The Morgan fingerprint density at radius 2 is 1.75 bits per heavy atom. The van der Waals surface area contributed by atoms with Gasteiger partial charge in [0.1, 0.15) is 0 Å². The van der Waals surface area contributed by atoms with Crippen molar-refractivity contribution in [1.29, 1.82) is 0 Å². The van der Waals surface area contributed by atoms with Gasteiger partial charge in [0.25, 0.3) is 0 Å². The molecule has 1 nitrogen and oxygen atoms in total. The van der Waals surface area contributed by atoms with Gasteiger partial charge < -0.3 is 4.57 Å². The van der Waals surface area contributed by atoms with E-state index in [1.54, 1.807) is 0 Å². The van der Waals surface area contributed by atoms with Crippen molar-refractivity contribution in [2.45, 2.75) is 20.3 Å². The van der Waals surface area contributed by atoms with Crippen LogP contribution in [0.25, 0.3) is 16.6 Å². The average Bonchev–Trinajstić information content (AvgIpc) is 2.81.